The lowest BCUT2D eigenvalue weighted by Gasteiger charge is -2.46. The van der Waals surface area contributed by atoms with E-state index >= 15 is 4.39 Å². The lowest BCUT2D eigenvalue weighted by molar-refractivity contribution is -0.137. The highest BCUT2D eigenvalue weighted by molar-refractivity contribution is 5.81. The van der Waals surface area contributed by atoms with Crippen molar-refractivity contribution in [3.63, 3.8) is 0 Å². The van der Waals surface area contributed by atoms with E-state index in [1.807, 2.05) is 4.90 Å². The molecule has 0 radical (unpaired) electrons. The summed E-state index contributed by atoms with van der Waals surface area (Å²) in [7, 11) is 0. The van der Waals surface area contributed by atoms with Crippen molar-refractivity contribution < 1.29 is 18.4 Å². The summed E-state index contributed by atoms with van der Waals surface area (Å²) >= 11 is 0. The molecule has 256 valence electrons. The van der Waals surface area contributed by atoms with Crippen LogP contribution in [0, 0.1) is 17.3 Å². The van der Waals surface area contributed by atoms with Gasteiger partial charge < -0.3 is 32.3 Å². The first-order valence-electron chi connectivity index (χ1n) is 18.0. The molecule has 0 aromatic carbocycles. The Labute approximate surface area is 268 Å². The van der Waals surface area contributed by atoms with Gasteiger partial charge in [-0.1, -0.05) is 19.3 Å². The number of nitrogens with zero attached hydrogens (tertiary/aromatic N) is 3. The number of hydrogen-bond donors (Lipinski definition) is 5. The van der Waals surface area contributed by atoms with Crippen molar-refractivity contribution in [2.45, 2.75) is 120 Å². The van der Waals surface area contributed by atoms with Crippen LogP contribution >= 0.6 is 0 Å². The first kappa shape index (κ1) is 33.5. The molecule has 6 aliphatic rings. The fourth-order valence-corrected chi connectivity index (χ4v) is 9.88. The van der Waals surface area contributed by atoms with Gasteiger partial charge in [0.1, 0.15) is 12.3 Å². The molecule has 7 N–H and O–H groups in total. The SMILES string of the molecule is NC(N)C(C(=O)NC1CNCC(F)C1N1CCN(C(=O)C2CC3CCCCN3C2)CC1)C1CC2(CCCC2)CCCC(F)CN1. The quantitative estimate of drug-likeness (QED) is 0.274. The molecule has 0 aromatic rings. The van der Waals surface area contributed by atoms with E-state index in [4.69, 9.17) is 11.5 Å². The Hall–Kier alpha value is -1.44. The summed E-state index contributed by atoms with van der Waals surface area (Å²) < 4.78 is 30.4. The number of nitrogens with two attached hydrogens (primary N) is 2. The van der Waals surface area contributed by atoms with Gasteiger partial charge in [-0.2, -0.15) is 0 Å². The fraction of sp³-hybridized carbons (Fsp3) is 0.939. The summed E-state index contributed by atoms with van der Waals surface area (Å²) in [6.07, 6.45) is 9.15. The zero-order chi connectivity index (χ0) is 31.6. The van der Waals surface area contributed by atoms with E-state index in [-0.39, 0.29) is 42.3 Å². The van der Waals surface area contributed by atoms with E-state index in [2.05, 4.69) is 25.8 Å². The second-order valence-electron chi connectivity index (χ2n) is 15.2. The minimum atomic E-state index is -1.17. The number of hydrogen-bond acceptors (Lipinski definition) is 8. The minimum absolute atomic E-state index is 0.0686. The summed E-state index contributed by atoms with van der Waals surface area (Å²) in [5.74, 6) is -0.732. The monoisotopic (exact) mass is 636 g/mol. The van der Waals surface area contributed by atoms with E-state index in [9.17, 15) is 14.0 Å². The molecule has 1 spiro atoms. The zero-order valence-corrected chi connectivity index (χ0v) is 27.1. The number of carbonyl (C=O) groups is 2. The van der Waals surface area contributed by atoms with Gasteiger partial charge in [-0.3, -0.25) is 19.4 Å². The molecule has 10 nitrogen and oxygen atoms in total. The molecule has 5 saturated heterocycles. The zero-order valence-electron chi connectivity index (χ0n) is 27.1. The van der Waals surface area contributed by atoms with Crippen molar-refractivity contribution in [3.05, 3.63) is 0 Å². The number of piperidine rings is 2. The largest absolute Gasteiger partial charge is 0.350 e. The van der Waals surface area contributed by atoms with Crippen molar-refractivity contribution in [1.82, 2.24) is 30.7 Å². The van der Waals surface area contributed by atoms with Gasteiger partial charge in [0, 0.05) is 64.4 Å². The number of alkyl halides is 2. The molecule has 5 aliphatic heterocycles. The molecule has 6 rings (SSSR count). The molecule has 5 heterocycles. The summed E-state index contributed by atoms with van der Waals surface area (Å²) in [6.45, 7) is 5.12. The van der Waals surface area contributed by atoms with Gasteiger partial charge in [-0.15, -0.1) is 0 Å². The number of piperazine rings is 1. The van der Waals surface area contributed by atoms with Gasteiger partial charge in [-0.25, -0.2) is 8.78 Å². The van der Waals surface area contributed by atoms with Crippen molar-refractivity contribution in [1.29, 1.82) is 0 Å². The van der Waals surface area contributed by atoms with E-state index < -0.39 is 36.5 Å². The average Bonchev–Trinajstić information content (AvgIpc) is 3.68. The number of fused-ring (bicyclic) bond motifs is 1. The maximum atomic E-state index is 15.7. The predicted octanol–water partition coefficient (Wildman–Crippen LogP) is 1.09. The van der Waals surface area contributed by atoms with Crippen LogP contribution in [0.2, 0.25) is 0 Å². The van der Waals surface area contributed by atoms with Crippen LogP contribution in [0.25, 0.3) is 0 Å². The van der Waals surface area contributed by atoms with Gasteiger partial charge in [0.2, 0.25) is 11.8 Å². The van der Waals surface area contributed by atoms with E-state index in [1.54, 1.807) is 0 Å². The standard InChI is InChI=1S/C33H58F2N8O2/c34-23-6-5-10-33(8-2-3-9-33)17-26(39-18-23)28(30(36)37)31(44)40-27-20-38-19-25(35)29(27)41-12-14-42(15-13-41)32(45)22-16-24-7-1-4-11-43(24)21-22/h22-30,38-39H,1-21,36-37H2,(H,40,44). The van der Waals surface area contributed by atoms with Crippen LogP contribution in [0.15, 0.2) is 0 Å². The molecule has 45 heavy (non-hydrogen) atoms. The van der Waals surface area contributed by atoms with Crippen molar-refractivity contribution in [3.8, 4) is 0 Å². The van der Waals surface area contributed by atoms with Crippen LogP contribution in [0.3, 0.4) is 0 Å². The van der Waals surface area contributed by atoms with Gasteiger partial charge in [0.15, 0.2) is 0 Å². The maximum Gasteiger partial charge on any atom is 0.227 e. The van der Waals surface area contributed by atoms with E-state index in [0.29, 0.717) is 45.2 Å². The summed E-state index contributed by atoms with van der Waals surface area (Å²) in [6, 6.07) is -0.774. The smallest absolute Gasteiger partial charge is 0.227 e. The summed E-state index contributed by atoms with van der Waals surface area (Å²) in [5, 5.41) is 9.68. The van der Waals surface area contributed by atoms with Gasteiger partial charge in [0.25, 0.3) is 0 Å². The average molecular weight is 637 g/mol. The number of amides is 2. The highest BCUT2D eigenvalue weighted by Crippen LogP contribution is 2.47. The Morgan fingerprint density at radius 3 is 2.36 bits per heavy atom. The Kier molecular flexibility index (Phi) is 11.0. The molecule has 2 amide bonds. The minimum Gasteiger partial charge on any atom is -0.350 e. The van der Waals surface area contributed by atoms with Gasteiger partial charge >= 0.3 is 0 Å². The van der Waals surface area contributed by atoms with Crippen molar-refractivity contribution >= 4 is 11.8 Å². The predicted molar refractivity (Wildman–Crippen MR) is 171 cm³/mol. The third-order valence-corrected chi connectivity index (χ3v) is 12.3. The molecule has 6 fully saturated rings. The molecular formula is C33H58F2N8O2. The molecule has 1 saturated carbocycles. The summed E-state index contributed by atoms with van der Waals surface area (Å²) in [5.41, 5.74) is 12.7. The molecule has 8 unspecified atom stereocenters. The molecular weight excluding hydrogens is 578 g/mol. The Bertz CT molecular complexity index is 993. The fourth-order valence-electron chi connectivity index (χ4n) is 9.88. The van der Waals surface area contributed by atoms with Crippen LogP contribution in [0.1, 0.15) is 77.0 Å². The second-order valence-corrected chi connectivity index (χ2v) is 15.2. The maximum absolute atomic E-state index is 15.7. The van der Waals surface area contributed by atoms with Crippen molar-refractivity contribution in [2.24, 2.45) is 28.7 Å². The molecule has 12 heteroatoms. The molecule has 0 bridgehead atoms. The van der Waals surface area contributed by atoms with E-state index in [0.717, 1.165) is 64.5 Å². The van der Waals surface area contributed by atoms with Gasteiger partial charge in [0.05, 0.1) is 30.1 Å². The first-order chi connectivity index (χ1) is 21.7. The number of halogens is 2. The Balaban J connectivity index is 1.09. The normalized spacial score (nSPS) is 37.5. The topological polar surface area (TPSA) is 132 Å². The number of nitrogens with one attached hydrogen (secondary N) is 3. The van der Waals surface area contributed by atoms with Crippen LogP contribution in [0.4, 0.5) is 8.78 Å². The molecule has 8 atom stereocenters. The lowest BCUT2D eigenvalue weighted by Crippen LogP contribution is -2.69. The van der Waals surface area contributed by atoms with Gasteiger partial charge in [-0.05, 0) is 69.7 Å². The van der Waals surface area contributed by atoms with E-state index in [1.165, 1.54) is 19.3 Å². The third kappa shape index (κ3) is 7.67. The van der Waals surface area contributed by atoms with Crippen LogP contribution in [-0.2, 0) is 9.59 Å². The number of carbonyl (C=O) groups excluding carboxylic acids is 2. The first-order valence-corrected chi connectivity index (χ1v) is 18.0. The van der Waals surface area contributed by atoms with Crippen molar-refractivity contribution in [2.75, 3.05) is 58.9 Å². The van der Waals surface area contributed by atoms with Crippen LogP contribution in [0.5, 0.6) is 0 Å². The highest BCUT2D eigenvalue weighted by atomic mass is 19.1. The Morgan fingerprint density at radius 2 is 1.62 bits per heavy atom. The molecule has 0 aromatic heterocycles. The van der Waals surface area contributed by atoms with Crippen LogP contribution in [-0.4, -0.2) is 128 Å². The highest BCUT2D eigenvalue weighted by Gasteiger charge is 2.46. The second kappa shape index (κ2) is 14.8. The number of rotatable bonds is 6. The third-order valence-electron chi connectivity index (χ3n) is 12.3. The summed E-state index contributed by atoms with van der Waals surface area (Å²) in [4.78, 5) is 34.1. The lowest BCUT2D eigenvalue weighted by atomic mass is 9.73. The Morgan fingerprint density at radius 1 is 0.867 bits per heavy atom. The molecule has 1 aliphatic carbocycles. The van der Waals surface area contributed by atoms with Crippen LogP contribution < -0.4 is 27.4 Å².